The fraction of sp³-hybridized carbons (Fsp3) is 0.375. The maximum absolute atomic E-state index is 11.6. The molecule has 1 aliphatic carbocycles. The van der Waals surface area contributed by atoms with E-state index in [1.54, 1.807) is 18.3 Å². The van der Waals surface area contributed by atoms with Gasteiger partial charge in [0.1, 0.15) is 5.82 Å². The third-order valence-electron chi connectivity index (χ3n) is 4.39. The van der Waals surface area contributed by atoms with E-state index in [9.17, 15) is 8.42 Å². The summed E-state index contributed by atoms with van der Waals surface area (Å²) in [6.07, 6.45) is 4.93. The van der Waals surface area contributed by atoms with Crippen molar-refractivity contribution in [1.29, 1.82) is 0 Å². The second-order valence-corrected chi connectivity index (χ2v) is 7.87. The van der Waals surface area contributed by atoms with E-state index in [0.29, 0.717) is 18.5 Å². The van der Waals surface area contributed by atoms with Crippen molar-refractivity contribution < 1.29 is 8.42 Å². The molecule has 1 fully saturated rings. The third-order valence-corrected chi connectivity index (χ3v) is 5.30. The van der Waals surface area contributed by atoms with Crippen molar-refractivity contribution >= 4 is 21.8 Å². The molecule has 7 nitrogen and oxygen atoms in total. The summed E-state index contributed by atoms with van der Waals surface area (Å²) < 4.78 is 23.1. The molecular weight excluding hydrogens is 326 g/mol. The molecule has 1 aromatic carbocycles. The molecule has 0 amide bonds. The number of anilines is 2. The number of sulfonamides is 1. The lowest BCUT2D eigenvalue weighted by molar-refractivity contribution is 0.597. The van der Waals surface area contributed by atoms with E-state index in [0.717, 1.165) is 29.9 Å². The Morgan fingerprint density at radius 2 is 2.04 bits per heavy atom. The zero-order valence-electron chi connectivity index (χ0n) is 13.1. The monoisotopic (exact) mass is 345 g/mol. The number of benzene rings is 1. The molecule has 0 atom stereocenters. The van der Waals surface area contributed by atoms with E-state index in [1.165, 1.54) is 12.8 Å². The number of nitrogens with one attached hydrogen (secondary N) is 1. The van der Waals surface area contributed by atoms with Gasteiger partial charge >= 0.3 is 0 Å². The molecular formula is C16H19N5O2S. The lowest BCUT2D eigenvalue weighted by Gasteiger charge is -2.30. The first-order chi connectivity index (χ1) is 11.5. The van der Waals surface area contributed by atoms with Crippen molar-refractivity contribution in [2.24, 2.45) is 5.14 Å². The Hall–Kier alpha value is -2.19. The van der Waals surface area contributed by atoms with Crippen LogP contribution in [0.25, 0.3) is 0 Å². The van der Waals surface area contributed by atoms with Crippen LogP contribution in [0.4, 0.5) is 11.8 Å². The first-order valence-electron chi connectivity index (χ1n) is 7.98. The highest BCUT2D eigenvalue weighted by molar-refractivity contribution is 7.89. The standard InChI is InChI=1S/C16H19N5O2S/c17-24(22,23)14-4-1-11-6-8-21(10-12(11)9-14)15-5-7-18-16(20-15)19-13-2-3-13/h1,4-5,7,9,13H,2-3,6,8,10H2,(H2,17,22,23)(H,18,19,20). The highest BCUT2D eigenvalue weighted by Gasteiger charge is 2.23. The number of primary sulfonamides is 1. The first kappa shape index (κ1) is 15.3. The predicted octanol–water partition coefficient (Wildman–Crippen LogP) is 1.26. The van der Waals surface area contributed by atoms with Gasteiger partial charge in [-0.3, -0.25) is 0 Å². The van der Waals surface area contributed by atoms with Gasteiger partial charge in [-0.15, -0.1) is 0 Å². The summed E-state index contributed by atoms with van der Waals surface area (Å²) in [5.74, 6) is 1.50. The fourth-order valence-electron chi connectivity index (χ4n) is 2.91. The van der Waals surface area contributed by atoms with E-state index < -0.39 is 10.0 Å². The Labute approximate surface area is 141 Å². The van der Waals surface area contributed by atoms with E-state index in [-0.39, 0.29) is 4.90 Å². The first-order valence-corrected chi connectivity index (χ1v) is 9.53. The molecule has 0 saturated heterocycles. The Morgan fingerprint density at radius 1 is 1.21 bits per heavy atom. The Morgan fingerprint density at radius 3 is 2.79 bits per heavy atom. The van der Waals surface area contributed by atoms with Gasteiger partial charge in [-0.05, 0) is 48.6 Å². The van der Waals surface area contributed by atoms with Gasteiger partial charge in [0.05, 0.1) is 4.90 Å². The number of hydrogen-bond acceptors (Lipinski definition) is 6. The summed E-state index contributed by atoms with van der Waals surface area (Å²) in [4.78, 5) is 11.1. The van der Waals surface area contributed by atoms with Gasteiger partial charge in [-0.2, -0.15) is 4.98 Å². The van der Waals surface area contributed by atoms with Crippen LogP contribution in [0.2, 0.25) is 0 Å². The van der Waals surface area contributed by atoms with Crippen molar-refractivity contribution in [3.8, 4) is 0 Å². The van der Waals surface area contributed by atoms with E-state index in [4.69, 9.17) is 5.14 Å². The van der Waals surface area contributed by atoms with Crippen LogP contribution in [-0.4, -0.2) is 31.0 Å². The zero-order valence-corrected chi connectivity index (χ0v) is 14.0. The third kappa shape index (κ3) is 3.20. The molecule has 4 rings (SSSR count). The average Bonchev–Trinajstić information content (AvgIpc) is 3.37. The SMILES string of the molecule is NS(=O)(=O)c1ccc2c(c1)CN(c1ccnc(NC3CC3)n1)CC2. The minimum atomic E-state index is -3.69. The highest BCUT2D eigenvalue weighted by atomic mass is 32.2. The van der Waals surface area contributed by atoms with Crippen molar-refractivity contribution in [3.05, 3.63) is 41.6 Å². The van der Waals surface area contributed by atoms with Gasteiger partial charge in [0, 0.05) is 25.3 Å². The Balaban J connectivity index is 1.59. The fourth-order valence-corrected chi connectivity index (χ4v) is 3.48. The number of aromatic nitrogens is 2. The topological polar surface area (TPSA) is 101 Å². The van der Waals surface area contributed by atoms with Gasteiger partial charge in [0.2, 0.25) is 16.0 Å². The number of fused-ring (bicyclic) bond motifs is 1. The van der Waals surface area contributed by atoms with Crippen molar-refractivity contribution in [1.82, 2.24) is 9.97 Å². The molecule has 1 aromatic heterocycles. The largest absolute Gasteiger partial charge is 0.352 e. The van der Waals surface area contributed by atoms with Crippen LogP contribution in [0.5, 0.6) is 0 Å². The highest BCUT2D eigenvalue weighted by Crippen LogP contribution is 2.27. The molecule has 2 heterocycles. The van der Waals surface area contributed by atoms with Crippen LogP contribution in [0.15, 0.2) is 35.4 Å². The molecule has 1 saturated carbocycles. The Bertz CT molecular complexity index is 880. The molecule has 2 aromatic rings. The van der Waals surface area contributed by atoms with Gasteiger partial charge in [0.15, 0.2) is 0 Å². The zero-order chi connectivity index (χ0) is 16.7. The molecule has 0 radical (unpaired) electrons. The van der Waals surface area contributed by atoms with E-state index in [2.05, 4.69) is 20.2 Å². The second kappa shape index (κ2) is 5.71. The minimum Gasteiger partial charge on any atom is -0.352 e. The predicted molar refractivity (Wildman–Crippen MR) is 91.2 cm³/mol. The molecule has 24 heavy (non-hydrogen) atoms. The summed E-state index contributed by atoms with van der Waals surface area (Å²) in [6, 6.07) is 7.48. The van der Waals surface area contributed by atoms with Crippen molar-refractivity contribution in [2.75, 3.05) is 16.8 Å². The normalized spacial score (nSPS) is 17.5. The number of nitrogens with zero attached hydrogens (tertiary/aromatic N) is 3. The molecule has 0 bridgehead atoms. The van der Waals surface area contributed by atoms with E-state index >= 15 is 0 Å². The Kier molecular flexibility index (Phi) is 3.65. The van der Waals surface area contributed by atoms with Gasteiger partial charge in [0.25, 0.3) is 0 Å². The van der Waals surface area contributed by atoms with Crippen molar-refractivity contribution in [3.63, 3.8) is 0 Å². The van der Waals surface area contributed by atoms with Gasteiger partial charge in [-0.25, -0.2) is 18.5 Å². The van der Waals surface area contributed by atoms with Crippen LogP contribution in [0.1, 0.15) is 24.0 Å². The summed E-state index contributed by atoms with van der Waals surface area (Å²) in [7, 11) is -3.69. The molecule has 1 aliphatic heterocycles. The molecule has 2 aliphatic rings. The molecule has 3 N–H and O–H groups in total. The van der Waals surface area contributed by atoms with E-state index in [1.807, 2.05) is 12.1 Å². The minimum absolute atomic E-state index is 0.155. The maximum atomic E-state index is 11.6. The molecule has 8 heteroatoms. The van der Waals surface area contributed by atoms with Gasteiger partial charge in [-0.1, -0.05) is 6.07 Å². The van der Waals surface area contributed by atoms with Gasteiger partial charge < -0.3 is 10.2 Å². The lowest BCUT2D eigenvalue weighted by atomic mass is 10.00. The lowest BCUT2D eigenvalue weighted by Crippen LogP contribution is -2.31. The quantitative estimate of drug-likeness (QED) is 0.865. The summed E-state index contributed by atoms with van der Waals surface area (Å²) in [5, 5.41) is 8.54. The molecule has 0 unspecified atom stereocenters. The number of hydrogen-bond donors (Lipinski definition) is 2. The smallest absolute Gasteiger partial charge is 0.238 e. The van der Waals surface area contributed by atoms with Crippen LogP contribution in [0, 0.1) is 0 Å². The van der Waals surface area contributed by atoms with Crippen LogP contribution < -0.4 is 15.4 Å². The summed E-state index contributed by atoms with van der Waals surface area (Å²) >= 11 is 0. The van der Waals surface area contributed by atoms with Crippen LogP contribution >= 0.6 is 0 Å². The molecule has 126 valence electrons. The second-order valence-electron chi connectivity index (χ2n) is 6.30. The summed E-state index contributed by atoms with van der Waals surface area (Å²) in [6.45, 7) is 1.44. The molecule has 0 spiro atoms. The van der Waals surface area contributed by atoms with Crippen molar-refractivity contribution in [2.45, 2.75) is 36.7 Å². The summed E-state index contributed by atoms with van der Waals surface area (Å²) in [5.41, 5.74) is 2.13. The van der Waals surface area contributed by atoms with Crippen LogP contribution in [0.3, 0.4) is 0 Å². The number of rotatable bonds is 4. The maximum Gasteiger partial charge on any atom is 0.238 e. The average molecular weight is 345 g/mol. The number of nitrogens with two attached hydrogens (primary N) is 1. The van der Waals surface area contributed by atoms with Crippen LogP contribution in [-0.2, 0) is 23.0 Å².